The van der Waals surface area contributed by atoms with Crippen molar-refractivity contribution in [3.63, 3.8) is 0 Å². The van der Waals surface area contributed by atoms with Crippen LogP contribution in [0, 0.1) is 0 Å². The van der Waals surface area contributed by atoms with E-state index in [4.69, 9.17) is 11.6 Å². The number of rotatable bonds is 4. The quantitative estimate of drug-likeness (QED) is 0.881. The van der Waals surface area contributed by atoms with Crippen LogP contribution in [0.3, 0.4) is 0 Å². The summed E-state index contributed by atoms with van der Waals surface area (Å²) in [7, 11) is 0. The summed E-state index contributed by atoms with van der Waals surface area (Å²) >= 11 is 10.9. The maximum absolute atomic E-state index is 5.66. The van der Waals surface area contributed by atoms with Crippen LogP contribution in [-0.2, 0) is 0 Å². The van der Waals surface area contributed by atoms with Crippen LogP contribution in [0.2, 0.25) is 0 Å². The molecule has 0 spiro atoms. The lowest BCUT2D eigenvalue weighted by atomic mass is 10.3. The van der Waals surface area contributed by atoms with Crippen molar-refractivity contribution in [2.24, 2.45) is 0 Å². The van der Waals surface area contributed by atoms with Gasteiger partial charge in [0.1, 0.15) is 0 Å². The average molecular weight is 281 g/mol. The Hall–Kier alpha value is 0.170. The fourth-order valence-electron chi connectivity index (χ4n) is 0.971. The van der Waals surface area contributed by atoms with Crippen LogP contribution in [0.25, 0.3) is 0 Å². The maximum atomic E-state index is 5.66. The molecule has 0 bridgehead atoms. The lowest BCUT2D eigenvalue weighted by molar-refractivity contribution is 0.622. The van der Waals surface area contributed by atoms with E-state index in [0.29, 0.717) is 17.6 Å². The van der Waals surface area contributed by atoms with E-state index in [9.17, 15) is 0 Å². The van der Waals surface area contributed by atoms with E-state index in [2.05, 4.69) is 40.1 Å². The van der Waals surface area contributed by atoms with Gasteiger partial charge in [0.25, 0.3) is 0 Å². The summed E-state index contributed by atoms with van der Waals surface area (Å²) in [5, 5.41) is 5.98. The van der Waals surface area contributed by atoms with Crippen molar-refractivity contribution in [1.29, 1.82) is 0 Å². The van der Waals surface area contributed by atoms with E-state index in [1.165, 1.54) is 4.88 Å². The first-order chi connectivity index (χ1) is 6.11. The third kappa shape index (κ3) is 3.43. The van der Waals surface area contributed by atoms with Gasteiger partial charge in [-0.1, -0.05) is 18.2 Å². The van der Waals surface area contributed by atoms with E-state index in [1.54, 1.807) is 11.3 Å². The minimum absolute atomic E-state index is 0.310. The number of nitrogens with one attached hydrogen (secondary N) is 1. The molecule has 1 N–H and O–H groups in total. The summed E-state index contributed by atoms with van der Waals surface area (Å²) in [5.74, 6) is 0. The second-order valence-corrected chi connectivity index (χ2v) is 5.09. The van der Waals surface area contributed by atoms with Gasteiger partial charge in [0.15, 0.2) is 0 Å². The smallest absolute Gasteiger partial charge is 0.0400 e. The number of halogens is 2. The highest BCUT2D eigenvalue weighted by Crippen LogP contribution is 2.28. The van der Waals surface area contributed by atoms with Crippen molar-refractivity contribution in [2.75, 3.05) is 6.54 Å². The van der Waals surface area contributed by atoms with Crippen LogP contribution in [-0.4, -0.2) is 6.54 Å². The molecule has 1 aromatic rings. The average Bonchev–Trinajstić information content (AvgIpc) is 2.47. The molecule has 0 saturated carbocycles. The Kier molecular flexibility index (Phi) is 4.46. The predicted octanol–water partition coefficient (Wildman–Crippen LogP) is 3.91. The maximum Gasteiger partial charge on any atom is 0.0400 e. The first kappa shape index (κ1) is 11.2. The Morgan fingerprint density at radius 1 is 1.85 bits per heavy atom. The Morgan fingerprint density at radius 3 is 3.00 bits per heavy atom. The molecule has 0 radical (unpaired) electrons. The molecule has 0 aromatic carbocycles. The standard InChI is InChI=1S/C9H11BrClNS/c1-6(11)5-12-7(2)9-8(10)3-4-13-9/h3-4,7,12H,1,5H2,2H3. The summed E-state index contributed by atoms with van der Waals surface area (Å²) in [4.78, 5) is 1.29. The van der Waals surface area contributed by atoms with Crippen molar-refractivity contribution in [2.45, 2.75) is 13.0 Å². The van der Waals surface area contributed by atoms with Crippen molar-refractivity contribution < 1.29 is 0 Å². The van der Waals surface area contributed by atoms with Crippen molar-refractivity contribution in [1.82, 2.24) is 5.32 Å². The molecule has 0 aliphatic carbocycles. The highest BCUT2D eigenvalue weighted by molar-refractivity contribution is 9.10. The summed E-state index contributed by atoms with van der Waals surface area (Å²) in [6, 6.07) is 2.36. The molecule has 1 rings (SSSR count). The van der Waals surface area contributed by atoms with Gasteiger partial charge in [-0.3, -0.25) is 0 Å². The summed E-state index contributed by atoms with van der Waals surface area (Å²) < 4.78 is 1.15. The van der Waals surface area contributed by atoms with E-state index in [0.717, 1.165) is 4.47 Å². The normalized spacial score (nSPS) is 12.8. The number of hydrogen-bond acceptors (Lipinski definition) is 2. The monoisotopic (exact) mass is 279 g/mol. The summed E-state index contributed by atoms with van der Waals surface area (Å²) in [6.07, 6.45) is 0. The lowest BCUT2D eigenvalue weighted by Gasteiger charge is -2.11. The molecule has 1 unspecified atom stereocenters. The van der Waals surface area contributed by atoms with Crippen LogP contribution in [0.5, 0.6) is 0 Å². The largest absolute Gasteiger partial charge is 0.304 e. The molecule has 1 heterocycles. The van der Waals surface area contributed by atoms with Gasteiger partial charge >= 0.3 is 0 Å². The molecule has 0 saturated heterocycles. The summed E-state index contributed by atoms with van der Waals surface area (Å²) in [6.45, 7) is 6.38. The molecule has 1 nitrogen and oxygen atoms in total. The number of hydrogen-bond donors (Lipinski definition) is 1. The van der Waals surface area contributed by atoms with Crippen LogP contribution < -0.4 is 5.32 Å². The van der Waals surface area contributed by atoms with Crippen molar-refractivity contribution in [3.05, 3.63) is 32.4 Å². The van der Waals surface area contributed by atoms with Gasteiger partial charge < -0.3 is 5.32 Å². The zero-order valence-corrected chi connectivity index (χ0v) is 10.5. The number of thiophene rings is 1. The van der Waals surface area contributed by atoms with Crippen molar-refractivity contribution in [3.8, 4) is 0 Å². The van der Waals surface area contributed by atoms with Gasteiger partial charge in [0, 0.05) is 27.0 Å². The molecule has 0 aliphatic rings. The first-order valence-corrected chi connectivity index (χ1v) is 5.96. The van der Waals surface area contributed by atoms with Gasteiger partial charge in [-0.25, -0.2) is 0 Å². The zero-order chi connectivity index (χ0) is 9.84. The summed E-state index contributed by atoms with van der Waals surface area (Å²) in [5.41, 5.74) is 0. The van der Waals surface area contributed by atoms with Crippen LogP contribution >= 0.6 is 38.9 Å². The molecule has 0 fully saturated rings. The molecule has 0 amide bonds. The minimum atomic E-state index is 0.310. The van der Waals surface area contributed by atoms with Crippen LogP contribution in [0.1, 0.15) is 17.8 Å². The highest BCUT2D eigenvalue weighted by atomic mass is 79.9. The molecular weight excluding hydrogens is 270 g/mol. The van der Waals surface area contributed by atoms with Gasteiger partial charge in [0.05, 0.1) is 0 Å². The second-order valence-electron chi connectivity index (χ2n) is 2.75. The molecule has 72 valence electrons. The predicted molar refractivity (Wildman–Crippen MR) is 63.4 cm³/mol. The lowest BCUT2D eigenvalue weighted by Crippen LogP contribution is -2.19. The zero-order valence-electron chi connectivity index (χ0n) is 7.31. The fraction of sp³-hybridized carbons (Fsp3) is 0.333. The first-order valence-electron chi connectivity index (χ1n) is 3.91. The van der Waals surface area contributed by atoms with Gasteiger partial charge in [0.2, 0.25) is 0 Å². The topological polar surface area (TPSA) is 12.0 Å². The third-order valence-electron chi connectivity index (χ3n) is 1.64. The molecular formula is C9H11BrClNS. The highest BCUT2D eigenvalue weighted by Gasteiger charge is 2.09. The second kappa shape index (κ2) is 5.15. The third-order valence-corrected chi connectivity index (χ3v) is 3.83. The molecule has 1 atom stereocenters. The van der Waals surface area contributed by atoms with E-state index < -0.39 is 0 Å². The Balaban J connectivity index is 2.53. The SMILES string of the molecule is C=C(Cl)CNC(C)c1sccc1Br. The van der Waals surface area contributed by atoms with Crippen LogP contribution in [0.15, 0.2) is 27.5 Å². The van der Waals surface area contributed by atoms with Crippen LogP contribution in [0.4, 0.5) is 0 Å². The van der Waals surface area contributed by atoms with E-state index in [1.807, 2.05) is 6.07 Å². The Bertz CT molecular complexity index is 298. The van der Waals surface area contributed by atoms with Gasteiger partial charge in [-0.05, 0) is 34.3 Å². The van der Waals surface area contributed by atoms with Gasteiger partial charge in [-0.2, -0.15) is 0 Å². The van der Waals surface area contributed by atoms with E-state index >= 15 is 0 Å². The van der Waals surface area contributed by atoms with Gasteiger partial charge in [-0.15, -0.1) is 11.3 Å². The fourth-order valence-corrected chi connectivity index (χ4v) is 2.80. The Labute approximate surface area is 95.9 Å². The van der Waals surface area contributed by atoms with E-state index in [-0.39, 0.29) is 0 Å². The molecule has 13 heavy (non-hydrogen) atoms. The molecule has 1 aromatic heterocycles. The minimum Gasteiger partial charge on any atom is -0.304 e. The van der Waals surface area contributed by atoms with Crippen molar-refractivity contribution >= 4 is 38.9 Å². The molecule has 0 aliphatic heterocycles. The Morgan fingerprint density at radius 2 is 2.54 bits per heavy atom. The molecule has 4 heteroatoms.